The summed E-state index contributed by atoms with van der Waals surface area (Å²) >= 11 is 0. The van der Waals surface area contributed by atoms with Crippen LogP contribution in [0.5, 0.6) is 0 Å². The van der Waals surface area contributed by atoms with Crippen LogP contribution in [-0.4, -0.2) is 24.5 Å². The van der Waals surface area contributed by atoms with Gasteiger partial charge >= 0.3 is 0 Å². The fourth-order valence-corrected chi connectivity index (χ4v) is 6.13. The predicted octanol–water partition coefficient (Wildman–Crippen LogP) is 3.68. The first kappa shape index (κ1) is 13.1. The lowest BCUT2D eigenvalue weighted by Crippen LogP contribution is -2.46. The molecule has 20 heavy (non-hydrogen) atoms. The van der Waals surface area contributed by atoms with Crippen LogP contribution in [0.1, 0.15) is 51.4 Å². The minimum Gasteiger partial charge on any atom is -0.303 e. The van der Waals surface area contributed by atoms with Crippen molar-refractivity contribution in [1.29, 1.82) is 5.26 Å². The fraction of sp³-hybridized carbons (Fsp3) is 0.944. The van der Waals surface area contributed by atoms with Crippen molar-refractivity contribution >= 4 is 0 Å². The monoisotopic (exact) mass is 272 g/mol. The van der Waals surface area contributed by atoms with Crippen LogP contribution in [0.3, 0.4) is 0 Å². The quantitative estimate of drug-likeness (QED) is 0.783. The molecule has 0 radical (unpaired) electrons. The van der Waals surface area contributed by atoms with E-state index < -0.39 is 0 Å². The lowest BCUT2D eigenvalue weighted by atomic mass is 9.51. The second-order valence-electron chi connectivity index (χ2n) is 8.13. The maximum absolute atomic E-state index is 8.98. The van der Waals surface area contributed by atoms with E-state index in [2.05, 4.69) is 11.0 Å². The molecular weight excluding hydrogens is 244 g/mol. The highest BCUT2D eigenvalue weighted by atomic mass is 15.1. The van der Waals surface area contributed by atoms with Crippen LogP contribution >= 0.6 is 0 Å². The van der Waals surface area contributed by atoms with Crippen LogP contribution in [0.2, 0.25) is 0 Å². The number of nitriles is 1. The van der Waals surface area contributed by atoms with Gasteiger partial charge in [0.15, 0.2) is 0 Å². The van der Waals surface area contributed by atoms with Gasteiger partial charge in [-0.25, -0.2) is 0 Å². The highest BCUT2D eigenvalue weighted by molar-refractivity contribution is 4.98. The van der Waals surface area contributed by atoms with E-state index in [0.717, 1.165) is 42.4 Å². The molecule has 110 valence electrons. The van der Waals surface area contributed by atoms with E-state index in [1.165, 1.54) is 26.1 Å². The van der Waals surface area contributed by atoms with Gasteiger partial charge in [-0.05, 0) is 101 Å². The summed E-state index contributed by atoms with van der Waals surface area (Å²) in [7, 11) is 0. The van der Waals surface area contributed by atoms with Gasteiger partial charge < -0.3 is 4.90 Å². The van der Waals surface area contributed by atoms with Crippen molar-refractivity contribution in [3.8, 4) is 6.07 Å². The topological polar surface area (TPSA) is 27.0 Å². The zero-order valence-electron chi connectivity index (χ0n) is 12.6. The fourth-order valence-electron chi connectivity index (χ4n) is 6.13. The van der Waals surface area contributed by atoms with E-state index in [1.54, 1.807) is 32.1 Å². The molecule has 0 unspecified atom stereocenters. The largest absolute Gasteiger partial charge is 0.303 e. The van der Waals surface area contributed by atoms with E-state index in [9.17, 15) is 0 Å². The predicted molar refractivity (Wildman–Crippen MR) is 79.9 cm³/mol. The maximum atomic E-state index is 8.98. The molecular formula is C18H28N2. The van der Waals surface area contributed by atoms with E-state index in [1.807, 2.05) is 0 Å². The van der Waals surface area contributed by atoms with Crippen molar-refractivity contribution in [3.05, 3.63) is 0 Å². The van der Waals surface area contributed by atoms with Crippen molar-refractivity contribution in [2.75, 3.05) is 19.6 Å². The Hall–Kier alpha value is -0.550. The average molecular weight is 272 g/mol. The zero-order valence-corrected chi connectivity index (χ0v) is 12.6. The molecule has 0 aromatic rings. The van der Waals surface area contributed by atoms with Crippen molar-refractivity contribution in [2.45, 2.75) is 51.4 Å². The molecule has 4 bridgehead atoms. The molecule has 0 amide bonds. The van der Waals surface area contributed by atoms with Gasteiger partial charge in [0, 0.05) is 5.92 Å². The maximum Gasteiger partial charge on any atom is 0.0656 e. The Balaban J connectivity index is 1.29. The van der Waals surface area contributed by atoms with Crippen LogP contribution in [0.4, 0.5) is 0 Å². The number of hydrogen-bond donors (Lipinski definition) is 0. The SMILES string of the molecule is N#CC1CCN(CCC2C3CC4CC(C3)CC2C4)CC1. The molecule has 4 aliphatic carbocycles. The molecule has 0 aromatic heterocycles. The van der Waals surface area contributed by atoms with Crippen LogP contribution in [0, 0.1) is 46.8 Å². The third-order valence-corrected chi connectivity index (χ3v) is 6.97. The van der Waals surface area contributed by atoms with Crippen LogP contribution < -0.4 is 0 Å². The van der Waals surface area contributed by atoms with Gasteiger partial charge in [0.25, 0.3) is 0 Å². The lowest BCUT2D eigenvalue weighted by Gasteiger charge is -2.55. The first-order chi connectivity index (χ1) is 9.81. The number of rotatable bonds is 3. The van der Waals surface area contributed by atoms with Crippen LogP contribution in [0.25, 0.3) is 0 Å². The third kappa shape index (κ3) is 2.39. The summed E-state index contributed by atoms with van der Waals surface area (Å²) in [5, 5.41) is 8.98. The number of likely N-dealkylation sites (tertiary alicyclic amines) is 1. The molecule has 5 aliphatic rings. The Morgan fingerprint density at radius 2 is 1.50 bits per heavy atom. The van der Waals surface area contributed by atoms with Crippen LogP contribution in [0.15, 0.2) is 0 Å². The van der Waals surface area contributed by atoms with Gasteiger partial charge in [0.2, 0.25) is 0 Å². The van der Waals surface area contributed by atoms with Crippen LogP contribution in [-0.2, 0) is 0 Å². The standard InChI is InChI=1S/C18H28N2/c19-12-13-1-4-20(5-2-13)6-3-18-16-8-14-7-15(10-16)11-17(18)9-14/h13-18H,1-11H2. The van der Waals surface area contributed by atoms with Crippen molar-refractivity contribution in [3.63, 3.8) is 0 Å². The van der Waals surface area contributed by atoms with Crippen molar-refractivity contribution < 1.29 is 0 Å². The third-order valence-electron chi connectivity index (χ3n) is 6.97. The average Bonchev–Trinajstić information content (AvgIpc) is 2.46. The van der Waals surface area contributed by atoms with Gasteiger partial charge in [0.1, 0.15) is 0 Å². The molecule has 1 heterocycles. The molecule has 0 N–H and O–H groups in total. The summed E-state index contributed by atoms with van der Waals surface area (Å²) in [5.74, 6) is 5.79. The number of nitrogens with zero attached hydrogens (tertiary/aromatic N) is 2. The Morgan fingerprint density at radius 3 is 2.05 bits per heavy atom. The summed E-state index contributed by atoms with van der Waals surface area (Å²) in [4.78, 5) is 2.64. The summed E-state index contributed by atoms with van der Waals surface area (Å²) in [6, 6.07) is 2.45. The second kappa shape index (κ2) is 5.34. The molecule has 0 spiro atoms. The number of piperidine rings is 1. The summed E-state index contributed by atoms with van der Waals surface area (Å²) < 4.78 is 0. The van der Waals surface area contributed by atoms with Crippen molar-refractivity contribution in [2.24, 2.45) is 35.5 Å². The Bertz CT molecular complexity index is 361. The molecule has 4 saturated carbocycles. The molecule has 0 atom stereocenters. The minimum absolute atomic E-state index is 0.340. The zero-order chi connectivity index (χ0) is 13.5. The summed E-state index contributed by atoms with van der Waals surface area (Å²) in [5.41, 5.74) is 0. The molecule has 5 fully saturated rings. The highest BCUT2D eigenvalue weighted by Crippen LogP contribution is 2.57. The van der Waals surface area contributed by atoms with Crippen molar-refractivity contribution in [1.82, 2.24) is 4.90 Å². The summed E-state index contributed by atoms with van der Waals surface area (Å²) in [6.45, 7) is 3.65. The molecule has 1 aliphatic heterocycles. The van der Waals surface area contributed by atoms with Gasteiger partial charge in [-0.3, -0.25) is 0 Å². The van der Waals surface area contributed by atoms with E-state index in [0.29, 0.717) is 5.92 Å². The van der Waals surface area contributed by atoms with Gasteiger partial charge in [0.05, 0.1) is 6.07 Å². The normalized spacial score (nSPS) is 44.6. The Kier molecular flexibility index (Phi) is 3.50. The minimum atomic E-state index is 0.340. The number of hydrogen-bond acceptors (Lipinski definition) is 2. The molecule has 0 aromatic carbocycles. The second-order valence-corrected chi connectivity index (χ2v) is 8.13. The lowest BCUT2D eigenvalue weighted by molar-refractivity contribution is -0.0431. The highest BCUT2D eigenvalue weighted by Gasteiger charge is 2.47. The first-order valence-electron chi connectivity index (χ1n) is 8.93. The van der Waals surface area contributed by atoms with E-state index in [-0.39, 0.29) is 0 Å². The smallest absolute Gasteiger partial charge is 0.0656 e. The Morgan fingerprint density at radius 1 is 0.900 bits per heavy atom. The Labute approximate surface area is 123 Å². The van der Waals surface area contributed by atoms with Gasteiger partial charge in [-0.15, -0.1) is 0 Å². The molecule has 2 heteroatoms. The summed E-state index contributed by atoms with van der Waals surface area (Å²) in [6.07, 6.45) is 11.5. The molecule has 2 nitrogen and oxygen atoms in total. The van der Waals surface area contributed by atoms with Gasteiger partial charge in [-0.2, -0.15) is 5.26 Å². The van der Waals surface area contributed by atoms with E-state index in [4.69, 9.17) is 5.26 Å². The van der Waals surface area contributed by atoms with E-state index >= 15 is 0 Å². The molecule has 5 rings (SSSR count). The first-order valence-corrected chi connectivity index (χ1v) is 8.93. The molecule has 1 saturated heterocycles. The van der Waals surface area contributed by atoms with Gasteiger partial charge in [-0.1, -0.05) is 0 Å².